The first-order chi connectivity index (χ1) is 8.88. The Labute approximate surface area is 115 Å². The molecule has 0 spiro atoms. The largest absolute Gasteiger partial charge is 0.399 e. The molecule has 4 nitrogen and oxygen atoms in total. The molecule has 1 fully saturated rings. The fourth-order valence-electron chi connectivity index (χ4n) is 2.75. The smallest absolute Gasteiger partial charge is 0.240 e. The molecule has 106 valence electrons. The van der Waals surface area contributed by atoms with Gasteiger partial charge in [-0.2, -0.15) is 0 Å². The van der Waals surface area contributed by atoms with Crippen molar-refractivity contribution in [1.29, 1.82) is 0 Å². The van der Waals surface area contributed by atoms with E-state index in [2.05, 4.69) is 18.6 Å². The van der Waals surface area contributed by atoms with Gasteiger partial charge < -0.3 is 5.73 Å². The fourth-order valence-corrected chi connectivity index (χ4v) is 4.13. The monoisotopic (exact) mass is 282 g/mol. The molecule has 19 heavy (non-hydrogen) atoms. The highest BCUT2D eigenvalue weighted by molar-refractivity contribution is 7.89. The molecule has 0 aliphatic heterocycles. The van der Waals surface area contributed by atoms with E-state index in [-0.39, 0.29) is 10.9 Å². The number of nitrogens with one attached hydrogen (secondary N) is 1. The van der Waals surface area contributed by atoms with E-state index in [1.54, 1.807) is 24.3 Å². The molecule has 1 aliphatic carbocycles. The second-order valence-electron chi connectivity index (χ2n) is 5.69. The Bertz CT molecular complexity index is 525. The molecule has 0 bridgehead atoms. The standard InChI is InChI=1S/C14H22N2O2S/c1-10-3-8-14(11(2)9-10)16-19(17,18)13-6-4-12(15)5-7-13/h4-7,10-11,14,16H,3,8-9,15H2,1-2H3. The summed E-state index contributed by atoms with van der Waals surface area (Å²) in [6.45, 7) is 4.34. The molecule has 5 heteroatoms. The normalized spacial score (nSPS) is 28.2. The van der Waals surface area contributed by atoms with Crippen molar-refractivity contribution in [2.75, 3.05) is 5.73 Å². The van der Waals surface area contributed by atoms with Gasteiger partial charge in [0.1, 0.15) is 0 Å². The molecule has 0 amide bonds. The second-order valence-corrected chi connectivity index (χ2v) is 7.41. The van der Waals surface area contributed by atoms with Crippen molar-refractivity contribution in [3.05, 3.63) is 24.3 Å². The van der Waals surface area contributed by atoms with Gasteiger partial charge >= 0.3 is 0 Å². The van der Waals surface area contributed by atoms with Gasteiger partial charge in [-0.1, -0.05) is 13.8 Å². The van der Waals surface area contributed by atoms with Crippen LogP contribution in [0.1, 0.15) is 33.1 Å². The first-order valence-electron chi connectivity index (χ1n) is 6.76. The third-order valence-corrected chi connectivity index (χ3v) is 5.43. The average Bonchev–Trinajstić information content (AvgIpc) is 2.33. The minimum absolute atomic E-state index is 0.0405. The molecule has 1 saturated carbocycles. The summed E-state index contributed by atoms with van der Waals surface area (Å²) in [5.74, 6) is 1.07. The van der Waals surface area contributed by atoms with E-state index >= 15 is 0 Å². The van der Waals surface area contributed by atoms with Crippen LogP contribution < -0.4 is 10.5 Å². The minimum Gasteiger partial charge on any atom is -0.399 e. The molecule has 0 saturated heterocycles. The van der Waals surface area contributed by atoms with Crippen molar-refractivity contribution in [2.45, 2.75) is 44.0 Å². The van der Waals surface area contributed by atoms with Crippen molar-refractivity contribution in [3.63, 3.8) is 0 Å². The summed E-state index contributed by atoms with van der Waals surface area (Å²) in [7, 11) is -3.43. The van der Waals surface area contributed by atoms with Crippen LogP contribution in [0.15, 0.2) is 29.2 Å². The summed E-state index contributed by atoms with van der Waals surface area (Å²) in [5, 5.41) is 0. The molecule has 0 radical (unpaired) electrons. The highest BCUT2D eigenvalue weighted by atomic mass is 32.2. The predicted octanol–water partition coefficient (Wildman–Crippen LogP) is 2.37. The first-order valence-corrected chi connectivity index (χ1v) is 8.24. The summed E-state index contributed by atoms with van der Waals surface area (Å²) in [6.07, 6.45) is 3.07. The van der Waals surface area contributed by atoms with E-state index in [0.717, 1.165) is 19.3 Å². The number of hydrogen-bond donors (Lipinski definition) is 2. The van der Waals surface area contributed by atoms with Gasteiger partial charge in [0.2, 0.25) is 10.0 Å². The maximum absolute atomic E-state index is 12.3. The van der Waals surface area contributed by atoms with Crippen molar-refractivity contribution >= 4 is 15.7 Å². The van der Waals surface area contributed by atoms with E-state index < -0.39 is 10.0 Å². The zero-order chi connectivity index (χ0) is 14.0. The average molecular weight is 282 g/mol. The number of rotatable bonds is 3. The van der Waals surface area contributed by atoms with Crippen LogP contribution in [0.5, 0.6) is 0 Å². The lowest BCUT2D eigenvalue weighted by molar-refractivity contribution is 0.249. The van der Waals surface area contributed by atoms with Crippen LogP contribution in [0.3, 0.4) is 0 Å². The quantitative estimate of drug-likeness (QED) is 0.836. The molecule has 0 aromatic heterocycles. The van der Waals surface area contributed by atoms with Crippen molar-refractivity contribution in [1.82, 2.24) is 4.72 Å². The Morgan fingerprint density at radius 3 is 2.37 bits per heavy atom. The topological polar surface area (TPSA) is 72.2 Å². The zero-order valence-electron chi connectivity index (χ0n) is 11.5. The number of anilines is 1. The van der Waals surface area contributed by atoms with Crippen LogP contribution in [-0.2, 0) is 10.0 Å². The van der Waals surface area contributed by atoms with Crippen LogP contribution in [0.25, 0.3) is 0 Å². The Morgan fingerprint density at radius 2 is 1.79 bits per heavy atom. The first kappa shape index (κ1) is 14.3. The van der Waals surface area contributed by atoms with Crippen molar-refractivity contribution in [2.24, 2.45) is 11.8 Å². The number of sulfonamides is 1. The second kappa shape index (κ2) is 5.51. The molecule has 1 aromatic rings. The van der Waals surface area contributed by atoms with Gasteiger partial charge in [-0.3, -0.25) is 0 Å². The van der Waals surface area contributed by atoms with Crippen LogP contribution in [0.2, 0.25) is 0 Å². The lowest BCUT2D eigenvalue weighted by Gasteiger charge is -2.32. The highest BCUT2D eigenvalue weighted by Crippen LogP contribution is 2.29. The Hall–Kier alpha value is -1.07. The van der Waals surface area contributed by atoms with Gasteiger partial charge in [-0.05, 0) is 55.4 Å². The number of hydrogen-bond acceptors (Lipinski definition) is 3. The van der Waals surface area contributed by atoms with E-state index in [1.165, 1.54) is 0 Å². The predicted molar refractivity (Wildman–Crippen MR) is 77.1 cm³/mol. The van der Waals surface area contributed by atoms with E-state index in [9.17, 15) is 8.42 Å². The number of benzene rings is 1. The van der Waals surface area contributed by atoms with Gasteiger partial charge in [-0.25, -0.2) is 13.1 Å². The lowest BCUT2D eigenvalue weighted by atomic mass is 9.80. The summed E-state index contributed by atoms with van der Waals surface area (Å²) >= 11 is 0. The Kier molecular flexibility index (Phi) is 4.16. The summed E-state index contributed by atoms with van der Waals surface area (Å²) in [5.41, 5.74) is 6.14. The highest BCUT2D eigenvalue weighted by Gasteiger charge is 2.29. The maximum Gasteiger partial charge on any atom is 0.240 e. The fraction of sp³-hybridized carbons (Fsp3) is 0.571. The van der Waals surface area contributed by atoms with Gasteiger partial charge in [0.05, 0.1) is 4.90 Å². The van der Waals surface area contributed by atoms with E-state index in [0.29, 0.717) is 17.5 Å². The van der Waals surface area contributed by atoms with E-state index in [4.69, 9.17) is 5.73 Å². The molecule has 1 aliphatic rings. The third kappa shape index (κ3) is 3.48. The van der Waals surface area contributed by atoms with Crippen LogP contribution in [0.4, 0.5) is 5.69 Å². The molecular weight excluding hydrogens is 260 g/mol. The van der Waals surface area contributed by atoms with Crippen molar-refractivity contribution in [3.8, 4) is 0 Å². The number of nitrogens with two attached hydrogens (primary N) is 1. The Morgan fingerprint density at radius 1 is 1.16 bits per heavy atom. The lowest BCUT2D eigenvalue weighted by Crippen LogP contribution is -2.42. The molecular formula is C14H22N2O2S. The molecule has 2 rings (SSSR count). The van der Waals surface area contributed by atoms with Gasteiger partial charge in [-0.15, -0.1) is 0 Å². The van der Waals surface area contributed by atoms with Gasteiger partial charge in [0.15, 0.2) is 0 Å². The minimum atomic E-state index is -3.43. The molecule has 3 atom stereocenters. The third-order valence-electron chi connectivity index (χ3n) is 3.93. The SMILES string of the molecule is CC1CCC(NS(=O)(=O)c2ccc(N)cc2)C(C)C1. The van der Waals surface area contributed by atoms with Gasteiger partial charge in [0.25, 0.3) is 0 Å². The Balaban J connectivity index is 2.11. The van der Waals surface area contributed by atoms with Crippen molar-refractivity contribution < 1.29 is 8.42 Å². The number of nitrogen functional groups attached to an aromatic ring is 1. The zero-order valence-corrected chi connectivity index (χ0v) is 12.3. The summed E-state index contributed by atoms with van der Waals surface area (Å²) in [6, 6.07) is 6.36. The maximum atomic E-state index is 12.3. The molecule has 3 unspecified atom stereocenters. The summed E-state index contributed by atoms with van der Waals surface area (Å²) < 4.78 is 27.4. The van der Waals surface area contributed by atoms with E-state index in [1.807, 2.05) is 0 Å². The molecule has 3 N–H and O–H groups in total. The van der Waals surface area contributed by atoms with Gasteiger partial charge in [0, 0.05) is 11.7 Å². The molecule has 1 aromatic carbocycles. The molecule has 0 heterocycles. The summed E-state index contributed by atoms with van der Waals surface area (Å²) in [4.78, 5) is 0.285. The van der Waals surface area contributed by atoms with Crippen LogP contribution in [0, 0.1) is 11.8 Å². The van der Waals surface area contributed by atoms with Crippen LogP contribution in [-0.4, -0.2) is 14.5 Å². The van der Waals surface area contributed by atoms with Crippen LogP contribution >= 0.6 is 0 Å².